The zero-order chi connectivity index (χ0) is 8.18. The van der Waals surface area contributed by atoms with E-state index in [1.165, 1.54) is 25.1 Å². The Morgan fingerprint density at radius 1 is 1.67 bits per heavy atom. The Morgan fingerprint density at radius 2 is 2.50 bits per heavy atom. The van der Waals surface area contributed by atoms with Crippen LogP contribution in [0.4, 0.5) is 0 Å². The molecule has 3 heterocycles. The number of nitrogens with zero attached hydrogens (tertiary/aromatic N) is 2. The number of nitrogens with one attached hydrogen (secondary N) is 1. The largest absolute Gasteiger partial charge is 0.306 e. The normalized spacial score (nSPS) is 38.2. The van der Waals surface area contributed by atoms with Gasteiger partial charge in [0, 0.05) is 13.2 Å². The van der Waals surface area contributed by atoms with Crippen molar-refractivity contribution >= 4 is 0 Å². The number of rotatable bonds is 1. The zero-order valence-electron chi connectivity index (χ0n) is 7.25. The first-order chi connectivity index (χ1) is 5.78. The highest BCUT2D eigenvalue weighted by Crippen LogP contribution is 2.49. The van der Waals surface area contributed by atoms with E-state index in [9.17, 15) is 0 Å². The summed E-state index contributed by atoms with van der Waals surface area (Å²) in [4.78, 5) is 0. The molecule has 1 aromatic rings. The number of hydrogen-bond acceptors (Lipinski definition) is 2. The number of hydrogen-bond donors (Lipinski definition) is 1. The molecule has 3 fully saturated rings. The van der Waals surface area contributed by atoms with Crippen molar-refractivity contribution in [1.82, 2.24) is 15.1 Å². The van der Waals surface area contributed by atoms with Gasteiger partial charge in [0.1, 0.15) is 0 Å². The Kier molecular flexibility index (Phi) is 1.06. The van der Waals surface area contributed by atoms with Crippen LogP contribution in [0.15, 0.2) is 12.3 Å². The van der Waals surface area contributed by atoms with Gasteiger partial charge in [0.05, 0.1) is 11.2 Å². The fourth-order valence-corrected chi connectivity index (χ4v) is 2.52. The summed E-state index contributed by atoms with van der Waals surface area (Å²) < 4.78 is 1.89. The van der Waals surface area contributed by atoms with Crippen LogP contribution < -0.4 is 5.32 Å². The zero-order valence-corrected chi connectivity index (χ0v) is 7.25. The molecule has 2 aliphatic heterocycles. The van der Waals surface area contributed by atoms with E-state index in [-0.39, 0.29) is 5.54 Å². The molecular weight excluding hydrogens is 150 g/mol. The molecule has 3 nitrogen and oxygen atoms in total. The highest BCUT2D eigenvalue weighted by molar-refractivity contribution is 5.23. The number of aromatic nitrogens is 2. The van der Waals surface area contributed by atoms with E-state index >= 15 is 0 Å². The van der Waals surface area contributed by atoms with Gasteiger partial charge in [-0.3, -0.25) is 4.68 Å². The van der Waals surface area contributed by atoms with Gasteiger partial charge in [-0.15, -0.1) is 0 Å². The maximum absolute atomic E-state index is 4.46. The Hall–Kier alpha value is -0.830. The van der Waals surface area contributed by atoms with E-state index in [1.807, 2.05) is 17.9 Å². The molecule has 0 spiro atoms. The highest BCUT2D eigenvalue weighted by atomic mass is 15.3. The lowest BCUT2D eigenvalue weighted by Gasteiger charge is -2.35. The van der Waals surface area contributed by atoms with Crippen LogP contribution in [0, 0.1) is 5.92 Å². The van der Waals surface area contributed by atoms with Gasteiger partial charge in [0.2, 0.25) is 0 Å². The summed E-state index contributed by atoms with van der Waals surface area (Å²) in [6.45, 7) is 1.19. The van der Waals surface area contributed by atoms with Gasteiger partial charge < -0.3 is 5.32 Å². The van der Waals surface area contributed by atoms with Gasteiger partial charge in [-0.2, -0.15) is 5.10 Å². The molecule has 0 amide bonds. The van der Waals surface area contributed by atoms with Gasteiger partial charge >= 0.3 is 0 Å². The fourth-order valence-electron chi connectivity index (χ4n) is 2.52. The molecule has 64 valence electrons. The van der Waals surface area contributed by atoms with Crippen LogP contribution in [0.5, 0.6) is 0 Å². The standard InChI is InChI=1S/C9H13N3/c1-12-3-2-8(11-12)9-4-7(5-9)6-10-9/h2-3,7,10H,4-6H2,1H3. The lowest BCUT2D eigenvalue weighted by atomic mass is 9.72. The van der Waals surface area contributed by atoms with E-state index in [0.717, 1.165) is 5.92 Å². The molecule has 2 bridgehead atoms. The monoisotopic (exact) mass is 163 g/mol. The Balaban J connectivity index is 1.98. The minimum absolute atomic E-state index is 0.270. The van der Waals surface area contributed by atoms with Crippen molar-refractivity contribution in [3.05, 3.63) is 18.0 Å². The molecule has 12 heavy (non-hydrogen) atoms. The molecule has 1 aromatic heterocycles. The van der Waals surface area contributed by atoms with Crippen molar-refractivity contribution in [3.8, 4) is 0 Å². The van der Waals surface area contributed by atoms with Crippen molar-refractivity contribution in [2.24, 2.45) is 13.0 Å². The van der Waals surface area contributed by atoms with Gasteiger partial charge in [-0.05, 0) is 31.4 Å². The van der Waals surface area contributed by atoms with Gasteiger partial charge in [-0.1, -0.05) is 0 Å². The molecule has 0 aromatic carbocycles. The van der Waals surface area contributed by atoms with Crippen LogP contribution in [0.2, 0.25) is 0 Å². The lowest BCUT2D eigenvalue weighted by molar-refractivity contribution is 0.221. The van der Waals surface area contributed by atoms with E-state index < -0.39 is 0 Å². The summed E-state index contributed by atoms with van der Waals surface area (Å²) in [5.74, 6) is 0.923. The third kappa shape index (κ3) is 0.672. The van der Waals surface area contributed by atoms with Gasteiger partial charge in [0.25, 0.3) is 0 Å². The quantitative estimate of drug-likeness (QED) is 0.658. The van der Waals surface area contributed by atoms with Crippen molar-refractivity contribution in [1.29, 1.82) is 0 Å². The van der Waals surface area contributed by atoms with Crippen LogP contribution >= 0.6 is 0 Å². The van der Waals surface area contributed by atoms with Crippen molar-refractivity contribution in [2.45, 2.75) is 18.4 Å². The Bertz CT molecular complexity index is 304. The fraction of sp³-hybridized carbons (Fsp3) is 0.667. The summed E-state index contributed by atoms with van der Waals surface area (Å²) >= 11 is 0. The number of aryl methyl sites for hydroxylation is 1. The molecule has 0 unspecified atom stereocenters. The number of fused-ring (bicyclic) bond motifs is 1. The Labute approximate surface area is 71.8 Å². The molecule has 1 saturated carbocycles. The minimum atomic E-state index is 0.270. The SMILES string of the molecule is Cn1ccc(C23CC(CN2)C3)n1. The molecule has 1 aliphatic carbocycles. The highest BCUT2D eigenvalue weighted by Gasteiger charge is 2.52. The van der Waals surface area contributed by atoms with Gasteiger partial charge in [-0.25, -0.2) is 0 Å². The van der Waals surface area contributed by atoms with E-state index in [4.69, 9.17) is 0 Å². The predicted molar refractivity (Wildman–Crippen MR) is 45.6 cm³/mol. The first-order valence-electron chi connectivity index (χ1n) is 4.54. The Morgan fingerprint density at radius 3 is 3.00 bits per heavy atom. The second-order valence-corrected chi connectivity index (χ2v) is 4.11. The molecule has 3 heteroatoms. The third-order valence-corrected chi connectivity index (χ3v) is 3.21. The predicted octanol–water partition coefficient (Wildman–Crippen LogP) is 0.629. The van der Waals surface area contributed by atoms with Crippen molar-refractivity contribution in [3.63, 3.8) is 0 Å². The molecule has 2 saturated heterocycles. The summed E-state index contributed by atoms with van der Waals surface area (Å²) in [6, 6.07) is 2.13. The second kappa shape index (κ2) is 1.91. The van der Waals surface area contributed by atoms with Crippen LogP contribution in [0.25, 0.3) is 0 Å². The van der Waals surface area contributed by atoms with Gasteiger partial charge in [0.15, 0.2) is 0 Å². The summed E-state index contributed by atoms with van der Waals surface area (Å²) in [7, 11) is 1.98. The maximum atomic E-state index is 4.46. The summed E-state index contributed by atoms with van der Waals surface area (Å²) in [5, 5.41) is 8.02. The maximum Gasteiger partial charge on any atom is 0.0825 e. The minimum Gasteiger partial charge on any atom is -0.306 e. The summed E-state index contributed by atoms with van der Waals surface area (Å²) in [6.07, 6.45) is 4.62. The van der Waals surface area contributed by atoms with Crippen molar-refractivity contribution < 1.29 is 0 Å². The van der Waals surface area contributed by atoms with Crippen LogP contribution in [-0.4, -0.2) is 16.3 Å². The first-order valence-corrected chi connectivity index (χ1v) is 4.54. The van der Waals surface area contributed by atoms with Crippen LogP contribution in [0.1, 0.15) is 18.5 Å². The average Bonchev–Trinajstić information content (AvgIpc) is 2.55. The van der Waals surface area contributed by atoms with E-state index in [2.05, 4.69) is 16.5 Å². The molecule has 3 aliphatic rings. The van der Waals surface area contributed by atoms with E-state index in [0.29, 0.717) is 0 Å². The molecule has 4 rings (SSSR count). The summed E-state index contributed by atoms with van der Waals surface area (Å²) in [5.41, 5.74) is 1.50. The molecule has 0 radical (unpaired) electrons. The third-order valence-electron chi connectivity index (χ3n) is 3.21. The smallest absolute Gasteiger partial charge is 0.0825 e. The molecule has 1 N–H and O–H groups in total. The van der Waals surface area contributed by atoms with Crippen LogP contribution in [-0.2, 0) is 12.6 Å². The van der Waals surface area contributed by atoms with Crippen LogP contribution in [0.3, 0.4) is 0 Å². The topological polar surface area (TPSA) is 29.9 Å². The molecule has 0 atom stereocenters. The van der Waals surface area contributed by atoms with Crippen molar-refractivity contribution in [2.75, 3.05) is 6.54 Å². The average molecular weight is 163 g/mol. The lowest BCUT2D eigenvalue weighted by Crippen LogP contribution is -2.40. The van der Waals surface area contributed by atoms with E-state index in [1.54, 1.807) is 0 Å². The first kappa shape index (κ1) is 6.66. The molecular formula is C9H13N3. The second-order valence-electron chi connectivity index (χ2n) is 4.11.